The highest BCUT2D eigenvalue weighted by atomic mass is 16.5. The number of pyridine rings is 1. The fraction of sp³-hybridized carbons (Fsp3) is 0.500. The number of unbranched alkanes of at least 4 members (excludes halogenated alkanes) is 1. The average molecular weight is 316 g/mol. The van der Waals surface area contributed by atoms with Crippen molar-refractivity contribution in [3.63, 3.8) is 0 Å². The van der Waals surface area contributed by atoms with Gasteiger partial charge in [-0.2, -0.15) is 0 Å². The van der Waals surface area contributed by atoms with Crippen molar-refractivity contribution in [1.29, 1.82) is 0 Å². The molecule has 1 rings (SSSR count). The lowest BCUT2D eigenvalue weighted by atomic mass is 10.1. The largest absolute Gasteiger partial charge is 0.501 e. The molecule has 2 N–H and O–H groups in total. The molecule has 1 aromatic heterocycles. The molecular formula is C20H32N2O+2. The van der Waals surface area contributed by atoms with E-state index in [0.29, 0.717) is 0 Å². The van der Waals surface area contributed by atoms with Crippen molar-refractivity contribution in [3.05, 3.63) is 52.6 Å². The first-order valence-electron chi connectivity index (χ1n) is 8.34. The molecule has 0 saturated carbocycles. The molecule has 0 aromatic carbocycles. The summed E-state index contributed by atoms with van der Waals surface area (Å²) in [6.07, 6.45) is 8.26. The third kappa shape index (κ3) is 6.81. The molecule has 23 heavy (non-hydrogen) atoms. The smallest absolute Gasteiger partial charge is 0.181 e. The minimum Gasteiger partial charge on any atom is -0.501 e. The SMILES string of the molecule is CC(=[NH2+])/C(C)=C\C(C)=C/OCCCC[n+]1cc(C)cc(C)c1C. The van der Waals surface area contributed by atoms with E-state index < -0.39 is 0 Å². The normalized spacial score (nSPS) is 12.4. The van der Waals surface area contributed by atoms with Crippen LogP contribution in [0.4, 0.5) is 0 Å². The number of aryl methyl sites for hydroxylation is 3. The number of allylic oxidation sites excluding steroid dienone is 3. The monoisotopic (exact) mass is 316 g/mol. The van der Waals surface area contributed by atoms with Crippen LogP contribution < -0.4 is 9.98 Å². The Hall–Kier alpha value is -1.90. The zero-order valence-electron chi connectivity index (χ0n) is 15.6. The maximum Gasteiger partial charge on any atom is 0.181 e. The van der Waals surface area contributed by atoms with Crippen molar-refractivity contribution in [3.8, 4) is 0 Å². The Morgan fingerprint density at radius 3 is 2.52 bits per heavy atom. The molecule has 1 heterocycles. The number of rotatable bonds is 8. The summed E-state index contributed by atoms with van der Waals surface area (Å²) in [4.78, 5) is 0. The van der Waals surface area contributed by atoms with E-state index in [1.54, 1.807) is 0 Å². The van der Waals surface area contributed by atoms with E-state index in [4.69, 9.17) is 10.1 Å². The van der Waals surface area contributed by atoms with Gasteiger partial charge in [-0.1, -0.05) is 0 Å². The topological polar surface area (TPSA) is 38.7 Å². The maximum atomic E-state index is 5.75. The van der Waals surface area contributed by atoms with Crippen molar-refractivity contribution >= 4 is 5.71 Å². The van der Waals surface area contributed by atoms with Crippen LogP contribution in [-0.4, -0.2) is 12.3 Å². The summed E-state index contributed by atoms with van der Waals surface area (Å²) < 4.78 is 7.97. The molecule has 0 fully saturated rings. The van der Waals surface area contributed by atoms with E-state index in [1.165, 1.54) is 16.8 Å². The van der Waals surface area contributed by atoms with Crippen molar-refractivity contribution in [2.24, 2.45) is 0 Å². The van der Waals surface area contributed by atoms with Gasteiger partial charge in [0.2, 0.25) is 0 Å². The van der Waals surface area contributed by atoms with Gasteiger partial charge in [0, 0.05) is 37.0 Å². The van der Waals surface area contributed by atoms with Crippen LogP contribution in [0.15, 0.2) is 35.7 Å². The Kier molecular flexibility index (Phi) is 7.73. The number of ether oxygens (including phenoxy) is 1. The summed E-state index contributed by atoms with van der Waals surface area (Å²) in [5, 5.41) is 5.75. The van der Waals surface area contributed by atoms with Crippen LogP contribution in [0, 0.1) is 20.8 Å². The summed E-state index contributed by atoms with van der Waals surface area (Å²) in [5.41, 5.74) is 7.04. The third-order valence-corrected chi connectivity index (χ3v) is 4.05. The van der Waals surface area contributed by atoms with Gasteiger partial charge in [-0.15, -0.1) is 0 Å². The molecular weight excluding hydrogens is 284 g/mol. The van der Waals surface area contributed by atoms with Crippen molar-refractivity contribution in [2.75, 3.05) is 6.61 Å². The second kappa shape index (κ2) is 9.29. The zero-order valence-corrected chi connectivity index (χ0v) is 15.6. The number of hydrogen-bond acceptors (Lipinski definition) is 1. The number of hydrogen-bond donors (Lipinski definition) is 1. The lowest BCUT2D eigenvalue weighted by molar-refractivity contribution is -0.703. The first-order valence-corrected chi connectivity index (χ1v) is 8.34. The fourth-order valence-corrected chi connectivity index (χ4v) is 2.43. The Labute approximate surface area is 141 Å². The van der Waals surface area contributed by atoms with Crippen molar-refractivity contribution in [2.45, 2.75) is 60.9 Å². The Balaban J connectivity index is 2.37. The van der Waals surface area contributed by atoms with Gasteiger partial charge in [0.1, 0.15) is 6.54 Å². The summed E-state index contributed by atoms with van der Waals surface area (Å²) >= 11 is 0. The summed E-state index contributed by atoms with van der Waals surface area (Å²) in [6.45, 7) is 14.2. The first kappa shape index (κ1) is 19.1. The van der Waals surface area contributed by atoms with Gasteiger partial charge >= 0.3 is 0 Å². The van der Waals surface area contributed by atoms with E-state index in [2.05, 4.69) is 37.6 Å². The predicted molar refractivity (Wildman–Crippen MR) is 96.2 cm³/mol. The molecule has 0 aliphatic rings. The van der Waals surface area contributed by atoms with E-state index in [-0.39, 0.29) is 0 Å². The standard InChI is InChI=1S/C20H31N2O/c1-15-11-18(4)20(6)22(13-15)9-7-8-10-23-14-16(2)12-17(3)19(5)21/h11-14,21H,7-10H2,1-6H3/q+1/p+1/b16-14-,17-12-,21-19?. The highest BCUT2D eigenvalue weighted by molar-refractivity contribution is 5.93. The van der Waals surface area contributed by atoms with Crippen LogP contribution in [0.2, 0.25) is 0 Å². The second-order valence-electron chi connectivity index (χ2n) is 6.43. The molecule has 0 aliphatic carbocycles. The first-order chi connectivity index (χ1) is 10.8. The van der Waals surface area contributed by atoms with Crippen LogP contribution in [0.3, 0.4) is 0 Å². The molecule has 0 saturated heterocycles. The number of nitrogens with two attached hydrogens (primary N) is 1. The molecule has 0 unspecified atom stereocenters. The van der Waals surface area contributed by atoms with E-state index in [0.717, 1.165) is 42.9 Å². The van der Waals surface area contributed by atoms with Gasteiger partial charge in [-0.3, -0.25) is 5.41 Å². The molecule has 0 radical (unpaired) electrons. The van der Waals surface area contributed by atoms with Gasteiger partial charge in [-0.25, -0.2) is 4.57 Å². The molecule has 3 nitrogen and oxygen atoms in total. The fourth-order valence-electron chi connectivity index (χ4n) is 2.43. The quantitative estimate of drug-likeness (QED) is 0.259. The number of nitrogens with zero attached hydrogens (tertiary/aromatic N) is 1. The molecule has 126 valence electrons. The van der Waals surface area contributed by atoms with Crippen LogP contribution >= 0.6 is 0 Å². The Morgan fingerprint density at radius 1 is 1.17 bits per heavy atom. The van der Waals surface area contributed by atoms with E-state index in [9.17, 15) is 0 Å². The zero-order chi connectivity index (χ0) is 17.4. The van der Waals surface area contributed by atoms with Gasteiger partial charge in [0.15, 0.2) is 17.6 Å². The lowest BCUT2D eigenvalue weighted by Gasteiger charge is -2.05. The molecule has 0 atom stereocenters. The highest BCUT2D eigenvalue weighted by Crippen LogP contribution is 2.05. The van der Waals surface area contributed by atoms with Crippen LogP contribution in [0.1, 0.15) is 50.4 Å². The van der Waals surface area contributed by atoms with E-state index in [1.807, 2.05) is 33.1 Å². The van der Waals surface area contributed by atoms with Gasteiger partial charge < -0.3 is 4.74 Å². The van der Waals surface area contributed by atoms with Gasteiger partial charge in [0.25, 0.3) is 0 Å². The van der Waals surface area contributed by atoms with Crippen molar-refractivity contribution < 1.29 is 14.7 Å². The summed E-state index contributed by atoms with van der Waals surface area (Å²) in [5.74, 6) is 0. The molecule has 0 bridgehead atoms. The van der Waals surface area contributed by atoms with Gasteiger partial charge in [0.05, 0.1) is 12.9 Å². The predicted octanol–water partition coefficient (Wildman–Crippen LogP) is 2.77. The summed E-state index contributed by atoms with van der Waals surface area (Å²) in [7, 11) is 0. The molecule has 3 heteroatoms. The van der Waals surface area contributed by atoms with Crippen molar-refractivity contribution in [1.82, 2.24) is 0 Å². The Morgan fingerprint density at radius 2 is 1.87 bits per heavy atom. The lowest BCUT2D eigenvalue weighted by Crippen LogP contribution is -2.38. The van der Waals surface area contributed by atoms with Gasteiger partial charge in [-0.05, 0) is 51.8 Å². The second-order valence-corrected chi connectivity index (χ2v) is 6.43. The molecule has 0 amide bonds. The van der Waals surface area contributed by atoms with Crippen LogP contribution in [0.5, 0.6) is 0 Å². The molecule has 0 aliphatic heterocycles. The van der Waals surface area contributed by atoms with E-state index >= 15 is 0 Å². The highest BCUT2D eigenvalue weighted by Gasteiger charge is 2.09. The summed E-state index contributed by atoms with van der Waals surface area (Å²) in [6, 6.07) is 2.23. The Bertz CT molecular complexity index is 612. The minimum atomic E-state index is 0.750. The average Bonchev–Trinajstić information content (AvgIpc) is 2.47. The molecule has 1 aromatic rings. The maximum absolute atomic E-state index is 5.75. The van der Waals surface area contributed by atoms with Crippen LogP contribution in [-0.2, 0) is 11.3 Å². The van der Waals surface area contributed by atoms with Crippen LogP contribution in [0.25, 0.3) is 0 Å². The minimum absolute atomic E-state index is 0.750. The number of aromatic nitrogens is 1. The molecule has 0 spiro atoms. The third-order valence-electron chi connectivity index (χ3n) is 4.05.